The van der Waals surface area contributed by atoms with E-state index in [4.69, 9.17) is 4.74 Å². The molecule has 2 heteroatoms. The van der Waals surface area contributed by atoms with Crippen molar-refractivity contribution in [3.63, 3.8) is 0 Å². The first-order valence-electron chi connectivity index (χ1n) is 6.24. The molecular weight excluding hydrogens is 188 g/mol. The lowest BCUT2D eigenvalue weighted by Crippen LogP contribution is -2.41. The smallest absolute Gasteiger partial charge is 0.0697 e. The Kier molecular flexibility index (Phi) is 2.85. The summed E-state index contributed by atoms with van der Waals surface area (Å²) in [6.45, 7) is 6.72. The van der Waals surface area contributed by atoms with Crippen molar-refractivity contribution < 1.29 is 9.84 Å². The van der Waals surface area contributed by atoms with Crippen molar-refractivity contribution in [2.45, 2.75) is 77.1 Å². The molecule has 2 rings (SSSR count). The molecule has 2 saturated heterocycles. The Morgan fingerprint density at radius 2 is 1.73 bits per heavy atom. The van der Waals surface area contributed by atoms with Crippen molar-refractivity contribution in [1.29, 1.82) is 0 Å². The maximum Gasteiger partial charge on any atom is 0.0697 e. The van der Waals surface area contributed by atoms with Crippen LogP contribution >= 0.6 is 0 Å². The minimum atomic E-state index is -0.433. The molecule has 0 aromatic carbocycles. The van der Waals surface area contributed by atoms with E-state index in [-0.39, 0.29) is 0 Å². The van der Waals surface area contributed by atoms with Crippen LogP contribution in [-0.2, 0) is 4.74 Å². The van der Waals surface area contributed by atoms with Crippen molar-refractivity contribution in [3.05, 3.63) is 0 Å². The normalized spacial score (nSPS) is 40.8. The largest absolute Gasteiger partial charge is 0.390 e. The van der Waals surface area contributed by atoms with Gasteiger partial charge in [-0.1, -0.05) is 20.8 Å². The van der Waals surface area contributed by atoms with E-state index in [1.807, 2.05) is 0 Å². The minimum absolute atomic E-state index is 0.326. The molecule has 2 unspecified atom stereocenters. The van der Waals surface area contributed by atoms with Gasteiger partial charge in [0.1, 0.15) is 0 Å². The molecule has 2 fully saturated rings. The first kappa shape index (κ1) is 11.4. The third-order valence-corrected chi connectivity index (χ3v) is 3.75. The van der Waals surface area contributed by atoms with Gasteiger partial charge in [0.15, 0.2) is 0 Å². The predicted octanol–water partition coefficient (Wildman–Crippen LogP) is 2.89. The molecule has 0 aromatic heterocycles. The quantitative estimate of drug-likeness (QED) is 0.762. The Morgan fingerprint density at radius 3 is 2.20 bits per heavy atom. The highest BCUT2D eigenvalue weighted by Crippen LogP contribution is 2.41. The van der Waals surface area contributed by atoms with Crippen molar-refractivity contribution >= 4 is 0 Å². The van der Waals surface area contributed by atoms with Gasteiger partial charge in [-0.25, -0.2) is 0 Å². The second kappa shape index (κ2) is 3.74. The van der Waals surface area contributed by atoms with E-state index in [1.165, 1.54) is 0 Å². The number of hydrogen-bond donors (Lipinski definition) is 1. The summed E-state index contributed by atoms with van der Waals surface area (Å²) in [6, 6.07) is 0. The fraction of sp³-hybridized carbons (Fsp3) is 1.00. The number of ether oxygens (including phenoxy) is 1. The standard InChI is InChI=1S/C13H24O2/c1-12(2,3)6-7-13(14)8-10-4-5-11(9-13)15-10/h10-11,14H,4-9H2,1-3H3. The molecule has 0 spiro atoms. The van der Waals surface area contributed by atoms with Crippen LogP contribution in [0.5, 0.6) is 0 Å². The molecule has 1 N–H and O–H groups in total. The summed E-state index contributed by atoms with van der Waals surface area (Å²) < 4.78 is 5.76. The topological polar surface area (TPSA) is 29.5 Å². The van der Waals surface area contributed by atoms with Gasteiger partial charge in [-0.3, -0.25) is 0 Å². The van der Waals surface area contributed by atoms with E-state index in [0.29, 0.717) is 17.6 Å². The summed E-state index contributed by atoms with van der Waals surface area (Å²) in [5, 5.41) is 10.5. The highest BCUT2D eigenvalue weighted by atomic mass is 16.5. The van der Waals surface area contributed by atoms with Crippen LogP contribution in [0.3, 0.4) is 0 Å². The lowest BCUT2D eigenvalue weighted by molar-refractivity contribution is -0.117. The Hall–Kier alpha value is -0.0800. The van der Waals surface area contributed by atoms with Crippen molar-refractivity contribution in [1.82, 2.24) is 0 Å². The summed E-state index contributed by atoms with van der Waals surface area (Å²) in [4.78, 5) is 0. The van der Waals surface area contributed by atoms with Gasteiger partial charge < -0.3 is 9.84 Å². The molecule has 0 saturated carbocycles. The molecule has 2 heterocycles. The minimum Gasteiger partial charge on any atom is -0.390 e. The predicted molar refractivity (Wildman–Crippen MR) is 60.8 cm³/mol. The van der Waals surface area contributed by atoms with Crippen molar-refractivity contribution in [2.24, 2.45) is 5.41 Å². The lowest BCUT2D eigenvalue weighted by atomic mass is 9.80. The fourth-order valence-electron chi connectivity index (χ4n) is 2.82. The van der Waals surface area contributed by atoms with Crippen LogP contribution in [0.25, 0.3) is 0 Å². The van der Waals surface area contributed by atoms with Crippen LogP contribution in [0.2, 0.25) is 0 Å². The molecule has 2 nitrogen and oxygen atoms in total. The fourth-order valence-corrected chi connectivity index (χ4v) is 2.82. The van der Waals surface area contributed by atoms with Gasteiger partial charge in [-0.05, 0) is 31.1 Å². The van der Waals surface area contributed by atoms with Gasteiger partial charge in [0.05, 0.1) is 17.8 Å². The Bertz CT molecular complexity index is 217. The first-order valence-corrected chi connectivity index (χ1v) is 6.24. The third-order valence-electron chi connectivity index (χ3n) is 3.75. The summed E-state index contributed by atoms with van der Waals surface area (Å²) in [5.41, 5.74) is -0.107. The number of fused-ring (bicyclic) bond motifs is 2. The molecular formula is C13H24O2. The van der Waals surface area contributed by atoms with E-state index in [2.05, 4.69) is 20.8 Å². The van der Waals surface area contributed by atoms with Crippen LogP contribution in [0, 0.1) is 5.41 Å². The summed E-state index contributed by atoms with van der Waals surface area (Å²) >= 11 is 0. The van der Waals surface area contributed by atoms with Gasteiger partial charge in [0.25, 0.3) is 0 Å². The van der Waals surface area contributed by atoms with Gasteiger partial charge in [-0.15, -0.1) is 0 Å². The zero-order valence-electron chi connectivity index (χ0n) is 10.3. The van der Waals surface area contributed by atoms with E-state index >= 15 is 0 Å². The first-order chi connectivity index (χ1) is 6.86. The molecule has 2 bridgehead atoms. The molecule has 2 aliphatic heterocycles. The third kappa shape index (κ3) is 2.94. The van der Waals surface area contributed by atoms with Gasteiger partial charge >= 0.3 is 0 Å². The second-order valence-electron chi connectivity index (χ2n) is 6.65. The van der Waals surface area contributed by atoms with Gasteiger partial charge in [-0.2, -0.15) is 0 Å². The highest BCUT2D eigenvalue weighted by Gasteiger charge is 2.43. The van der Waals surface area contributed by atoms with Crippen LogP contribution in [0.1, 0.15) is 59.3 Å². The van der Waals surface area contributed by atoms with Crippen LogP contribution in [-0.4, -0.2) is 22.9 Å². The number of aliphatic hydroxyl groups is 1. The lowest BCUT2D eigenvalue weighted by Gasteiger charge is -2.38. The van der Waals surface area contributed by atoms with Crippen molar-refractivity contribution in [2.75, 3.05) is 0 Å². The summed E-state index contributed by atoms with van der Waals surface area (Å²) in [6.07, 6.45) is 6.75. The van der Waals surface area contributed by atoms with Crippen LogP contribution in [0.15, 0.2) is 0 Å². The maximum absolute atomic E-state index is 10.5. The summed E-state index contributed by atoms with van der Waals surface area (Å²) in [5.74, 6) is 0. The van der Waals surface area contributed by atoms with Crippen LogP contribution in [0.4, 0.5) is 0 Å². The van der Waals surface area contributed by atoms with Crippen LogP contribution < -0.4 is 0 Å². The Labute approximate surface area is 93.0 Å². The van der Waals surface area contributed by atoms with E-state index in [0.717, 1.165) is 38.5 Å². The zero-order chi connectivity index (χ0) is 11.1. The molecule has 0 radical (unpaired) electrons. The summed E-state index contributed by atoms with van der Waals surface area (Å²) in [7, 11) is 0. The molecule has 15 heavy (non-hydrogen) atoms. The number of hydrogen-bond acceptors (Lipinski definition) is 2. The van der Waals surface area contributed by atoms with E-state index in [9.17, 15) is 5.11 Å². The van der Waals surface area contributed by atoms with E-state index < -0.39 is 5.60 Å². The second-order valence-corrected chi connectivity index (χ2v) is 6.65. The highest BCUT2D eigenvalue weighted by molar-refractivity contribution is 4.94. The molecule has 2 aliphatic rings. The molecule has 0 aromatic rings. The van der Waals surface area contributed by atoms with Gasteiger partial charge in [0.2, 0.25) is 0 Å². The molecule has 0 amide bonds. The average Bonchev–Trinajstić information content (AvgIpc) is 2.42. The van der Waals surface area contributed by atoms with Crippen molar-refractivity contribution in [3.8, 4) is 0 Å². The maximum atomic E-state index is 10.5. The van der Waals surface area contributed by atoms with E-state index in [1.54, 1.807) is 0 Å². The molecule has 0 aliphatic carbocycles. The Balaban J connectivity index is 1.90. The average molecular weight is 212 g/mol. The molecule has 88 valence electrons. The van der Waals surface area contributed by atoms with Gasteiger partial charge in [0, 0.05) is 12.8 Å². The molecule has 2 atom stereocenters. The SMILES string of the molecule is CC(C)(C)CCC1(O)CC2CCC(C1)O2. The zero-order valence-corrected chi connectivity index (χ0v) is 10.3. The monoisotopic (exact) mass is 212 g/mol. The Morgan fingerprint density at radius 1 is 1.20 bits per heavy atom. The number of rotatable bonds is 2.